The Kier molecular flexibility index (Phi) is 8.15. The molecule has 1 aromatic heterocycles. The Morgan fingerprint density at radius 3 is 2.67 bits per heavy atom. The van der Waals surface area contributed by atoms with Crippen molar-refractivity contribution in [3.8, 4) is 11.5 Å². The summed E-state index contributed by atoms with van der Waals surface area (Å²) in [6.07, 6.45) is 2.86. The summed E-state index contributed by atoms with van der Waals surface area (Å²) >= 11 is 0. The van der Waals surface area contributed by atoms with Crippen molar-refractivity contribution in [3.63, 3.8) is 0 Å². The first kappa shape index (κ1) is 32.1. The van der Waals surface area contributed by atoms with E-state index in [1.807, 2.05) is 0 Å². The minimum atomic E-state index is -1.33. The molecule has 8 rings (SSSR count). The lowest BCUT2D eigenvalue weighted by Gasteiger charge is -2.61. The first-order chi connectivity index (χ1) is 23.1. The number of aliphatic hydroxyl groups is 2. The molecule has 7 atom stereocenters. The number of aliphatic hydroxyl groups excluding tert-OH is 2. The van der Waals surface area contributed by atoms with Crippen LogP contribution >= 0.6 is 0 Å². The normalized spacial score (nSPS) is 27.9. The SMILES string of the molecule is COc1cc(C=O)cc2c1OC1C2C(C(=O)NCCO)=CC(N(CC2CCC3CC2C3(C)C)C(=O)c2cc3ccccc3oc2=O)C1O. The van der Waals surface area contributed by atoms with Crippen molar-refractivity contribution in [2.75, 3.05) is 26.8 Å². The number of benzene rings is 2. The number of para-hydroxylation sites is 1. The van der Waals surface area contributed by atoms with Gasteiger partial charge < -0.3 is 34.3 Å². The van der Waals surface area contributed by atoms with Crippen LogP contribution in [-0.2, 0) is 4.79 Å². The number of fused-ring (bicyclic) bond motifs is 6. The molecule has 0 radical (unpaired) electrons. The third kappa shape index (κ3) is 5.11. The predicted octanol–water partition coefficient (Wildman–Crippen LogP) is 3.45. The van der Waals surface area contributed by atoms with Gasteiger partial charge in [-0.3, -0.25) is 14.4 Å². The first-order valence-electron chi connectivity index (χ1n) is 16.5. The molecule has 252 valence electrons. The van der Waals surface area contributed by atoms with Gasteiger partial charge in [0.2, 0.25) is 5.91 Å². The van der Waals surface area contributed by atoms with Crippen molar-refractivity contribution < 1.29 is 38.5 Å². The van der Waals surface area contributed by atoms with Crippen molar-refractivity contribution in [1.29, 1.82) is 0 Å². The Labute approximate surface area is 277 Å². The van der Waals surface area contributed by atoms with E-state index in [0.717, 1.165) is 19.3 Å². The maximum Gasteiger partial charge on any atom is 0.349 e. The average Bonchev–Trinajstić information content (AvgIpc) is 3.49. The molecule has 48 heavy (non-hydrogen) atoms. The van der Waals surface area contributed by atoms with Gasteiger partial charge in [-0.2, -0.15) is 0 Å². The van der Waals surface area contributed by atoms with Crippen molar-refractivity contribution in [3.05, 3.63) is 81.2 Å². The molecule has 7 unspecified atom stereocenters. The quantitative estimate of drug-likeness (QED) is 0.232. The lowest BCUT2D eigenvalue weighted by atomic mass is 9.45. The van der Waals surface area contributed by atoms with Gasteiger partial charge >= 0.3 is 5.63 Å². The molecule has 1 aliphatic heterocycles. The summed E-state index contributed by atoms with van der Waals surface area (Å²) in [6, 6.07) is 10.5. The first-order valence-corrected chi connectivity index (χ1v) is 16.5. The van der Waals surface area contributed by atoms with E-state index in [4.69, 9.17) is 13.9 Å². The molecule has 0 saturated heterocycles. The van der Waals surface area contributed by atoms with Crippen LogP contribution in [0.15, 0.2) is 63.3 Å². The number of hydrogen-bond acceptors (Lipinski definition) is 9. The van der Waals surface area contributed by atoms with Crippen LogP contribution in [0.3, 0.4) is 0 Å². The Balaban J connectivity index is 1.35. The third-order valence-electron chi connectivity index (χ3n) is 11.3. The molecular formula is C37H40N2O9. The van der Waals surface area contributed by atoms with Crippen molar-refractivity contribution in [2.24, 2.45) is 23.2 Å². The van der Waals surface area contributed by atoms with Crippen LogP contribution in [0.2, 0.25) is 0 Å². The van der Waals surface area contributed by atoms with Gasteiger partial charge in [0.1, 0.15) is 29.6 Å². The van der Waals surface area contributed by atoms with Crippen LogP contribution in [0.1, 0.15) is 65.3 Å². The molecule has 2 aromatic carbocycles. The third-order valence-corrected chi connectivity index (χ3v) is 11.3. The van der Waals surface area contributed by atoms with Gasteiger partial charge in [-0.05, 0) is 72.8 Å². The fraction of sp³-hybridized carbons (Fsp3) is 0.459. The number of hydrogen-bond donors (Lipinski definition) is 3. The summed E-state index contributed by atoms with van der Waals surface area (Å²) in [7, 11) is 1.44. The monoisotopic (exact) mass is 656 g/mol. The fourth-order valence-corrected chi connectivity index (χ4v) is 8.70. The number of ether oxygens (including phenoxy) is 2. The summed E-state index contributed by atoms with van der Waals surface area (Å²) in [5.41, 5.74) is 0.501. The average molecular weight is 657 g/mol. The smallest absolute Gasteiger partial charge is 0.349 e. The number of carbonyl (C=O) groups excluding carboxylic acids is 3. The minimum absolute atomic E-state index is 0.0209. The van der Waals surface area contributed by atoms with Crippen LogP contribution < -0.4 is 20.4 Å². The van der Waals surface area contributed by atoms with Crippen molar-refractivity contribution in [1.82, 2.24) is 10.2 Å². The van der Waals surface area contributed by atoms with E-state index in [2.05, 4.69) is 19.2 Å². The van der Waals surface area contributed by atoms with Crippen LogP contribution in [0.25, 0.3) is 11.0 Å². The van der Waals surface area contributed by atoms with E-state index in [0.29, 0.717) is 46.0 Å². The summed E-state index contributed by atoms with van der Waals surface area (Å²) in [5.74, 6) is -0.294. The highest BCUT2D eigenvalue weighted by molar-refractivity contribution is 5.99. The van der Waals surface area contributed by atoms with Gasteiger partial charge in [0, 0.05) is 35.2 Å². The van der Waals surface area contributed by atoms with Crippen molar-refractivity contribution >= 4 is 29.1 Å². The Bertz CT molecular complexity index is 1880. The van der Waals surface area contributed by atoms with Gasteiger partial charge in [-0.15, -0.1) is 0 Å². The molecule has 3 saturated carbocycles. The molecular weight excluding hydrogens is 616 g/mol. The summed E-state index contributed by atoms with van der Waals surface area (Å²) < 4.78 is 17.4. The second kappa shape index (κ2) is 12.2. The lowest BCUT2D eigenvalue weighted by molar-refractivity contribution is -0.119. The molecule has 5 aliphatic rings. The van der Waals surface area contributed by atoms with Crippen molar-refractivity contribution in [2.45, 2.75) is 57.3 Å². The van der Waals surface area contributed by atoms with Crippen LogP contribution in [-0.4, -0.2) is 78.3 Å². The number of aldehydes is 1. The molecule has 11 nitrogen and oxygen atoms in total. The molecule has 2 bridgehead atoms. The van der Waals surface area contributed by atoms with Gasteiger partial charge in [0.15, 0.2) is 11.5 Å². The number of amides is 2. The van der Waals surface area contributed by atoms with Crippen LogP contribution in [0, 0.1) is 23.2 Å². The zero-order chi connectivity index (χ0) is 33.9. The van der Waals surface area contributed by atoms with E-state index in [9.17, 15) is 29.4 Å². The van der Waals surface area contributed by atoms with Crippen LogP contribution in [0.4, 0.5) is 0 Å². The highest BCUT2D eigenvalue weighted by Gasteiger charge is 2.56. The number of methoxy groups -OCH3 is 1. The maximum atomic E-state index is 14.6. The minimum Gasteiger partial charge on any atom is -0.493 e. The molecule has 2 heterocycles. The number of carbonyl (C=O) groups is 3. The van der Waals surface area contributed by atoms with Gasteiger partial charge in [0.25, 0.3) is 5.91 Å². The van der Waals surface area contributed by atoms with E-state index >= 15 is 0 Å². The summed E-state index contributed by atoms with van der Waals surface area (Å²) in [5, 5.41) is 24.9. The fourth-order valence-electron chi connectivity index (χ4n) is 8.70. The molecule has 3 aromatic rings. The van der Waals surface area contributed by atoms with Gasteiger partial charge in [-0.25, -0.2) is 4.79 Å². The zero-order valence-corrected chi connectivity index (χ0v) is 27.2. The van der Waals surface area contributed by atoms with E-state index in [-0.39, 0.29) is 47.9 Å². The second-order valence-electron chi connectivity index (χ2n) is 14.0. The Morgan fingerprint density at radius 2 is 1.96 bits per heavy atom. The molecule has 11 heteroatoms. The number of nitrogens with zero attached hydrogens (tertiary/aromatic N) is 1. The standard InChI is InChI=1S/C37H40N2O9/c1-37(2)22-9-8-21(26(37)15-22)17-39(35(44)25-14-20-6-4-5-7-28(20)47-36(25)45)27-16-24(34(43)38-10-11-40)30-23-12-19(18-41)13-29(46-3)32(23)48-33(30)31(27)42/h4-7,12-14,16,18,21-22,26-27,30-31,33,40,42H,8-11,15,17H2,1-3H3,(H,38,43). The highest BCUT2D eigenvalue weighted by Crippen LogP contribution is 2.61. The largest absolute Gasteiger partial charge is 0.493 e. The van der Waals surface area contributed by atoms with Gasteiger partial charge in [-0.1, -0.05) is 32.0 Å². The Hall–Kier alpha value is -4.48. The summed E-state index contributed by atoms with van der Waals surface area (Å²) in [6.45, 7) is 4.45. The molecule has 0 spiro atoms. The molecule has 2 amide bonds. The predicted molar refractivity (Wildman–Crippen MR) is 175 cm³/mol. The van der Waals surface area contributed by atoms with E-state index in [1.165, 1.54) is 24.1 Å². The highest BCUT2D eigenvalue weighted by atomic mass is 16.5. The second-order valence-corrected chi connectivity index (χ2v) is 14.0. The summed E-state index contributed by atoms with van der Waals surface area (Å²) in [4.78, 5) is 55.1. The lowest BCUT2D eigenvalue weighted by Crippen LogP contribution is -2.60. The molecule has 3 N–H and O–H groups in total. The maximum absolute atomic E-state index is 14.6. The number of rotatable bonds is 9. The van der Waals surface area contributed by atoms with Gasteiger partial charge in [0.05, 0.1) is 25.7 Å². The molecule has 4 aliphatic carbocycles. The molecule has 3 fully saturated rings. The van der Waals surface area contributed by atoms with E-state index in [1.54, 1.807) is 36.4 Å². The van der Waals surface area contributed by atoms with Crippen LogP contribution in [0.5, 0.6) is 11.5 Å². The zero-order valence-electron chi connectivity index (χ0n) is 27.2. The van der Waals surface area contributed by atoms with E-state index < -0.39 is 41.6 Å². The number of nitrogens with one attached hydrogen (secondary N) is 1. The Morgan fingerprint density at radius 1 is 1.17 bits per heavy atom. The topological polar surface area (TPSA) is 156 Å².